The van der Waals surface area contributed by atoms with Gasteiger partial charge in [0, 0.05) is 28.1 Å². The van der Waals surface area contributed by atoms with E-state index in [1.54, 1.807) is 12.1 Å². The summed E-state index contributed by atoms with van der Waals surface area (Å²) in [5.74, 6) is -0.322. The Kier molecular flexibility index (Phi) is 4.47. The highest BCUT2D eigenvalue weighted by molar-refractivity contribution is 7.12. The number of methoxy groups -OCH3 is 1. The van der Waals surface area contributed by atoms with Gasteiger partial charge in [-0.3, -0.25) is 4.79 Å². The molecular formula is C14H15NO4S. The number of phenolic OH excluding ortho intramolecular Hbond substituents is 1. The lowest BCUT2D eigenvalue weighted by Crippen LogP contribution is -1.98. The smallest absolute Gasteiger partial charge is 0.308 e. The van der Waals surface area contributed by atoms with Gasteiger partial charge in [0.2, 0.25) is 0 Å². The monoisotopic (exact) mass is 293 g/mol. The van der Waals surface area contributed by atoms with Crippen LogP contribution in [-0.2, 0) is 17.8 Å². The highest BCUT2D eigenvalue weighted by Gasteiger charge is 2.06. The van der Waals surface area contributed by atoms with Gasteiger partial charge in [-0.15, -0.1) is 11.3 Å². The quantitative estimate of drug-likeness (QED) is 0.763. The summed E-state index contributed by atoms with van der Waals surface area (Å²) in [5, 5.41) is 21.5. The minimum absolute atomic E-state index is 0.0496. The number of rotatable bonds is 6. The predicted molar refractivity (Wildman–Crippen MR) is 77.6 cm³/mol. The standard InChI is InChI=1S/C14H15NO4S/c1-19-13-5-2-9(6-12(13)16)15-8-11-4-3-10(20-11)7-14(17)18/h2-6,15-16H,7-8H2,1H3,(H,17,18). The van der Waals surface area contributed by atoms with E-state index in [4.69, 9.17) is 9.84 Å². The maximum Gasteiger partial charge on any atom is 0.308 e. The average Bonchev–Trinajstić information content (AvgIpc) is 2.83. The van der Waals surface area contributed by atoms with Crippen LogP contribution >= 0.6 is 11.3 Å². The zero-order chi connectivity index (χ0) is 14.5. The molecule has 0 atom stereocenters. The van der Waals surface area contributed by atoms with Crippen molar-refractivity contribution in [3.63, 3.8) is 0 Å². The third kappa shape index (κ3) is 3.64. The summed E-state index contributed by atoms with van der Waals surface area (Å²) < 4.78 is 4.97. The molecule has 1 aromatic carbocycles. The lowest BCUT2D eigenvalue weighted by atomic mass is 10.2. The van der Waals surface area contributed by atoms with Crippen LogP contribution in [0, 0.1) is 0 Å². The Morgan fingerprint density at radius 3 is 2.70 bits per heavy atom. The number of hydrogen-bond donors (Lipinski definition) is 3. The van der Waals surface area contributed by atoms with E-state index in [1.807, 2.05) is 18.2 Å². The molecule has 1 aromatic heterocycles. The first-order valence-electron chi connectivity index (χ1n) is 5.98. The van der Waals surface area contributed by atoms with Gasteiger partial charge < -0.3 is 20.3 Å². The number of nitrogens with one attached hydrogen (secondary N) is 1. The van der Waals surface area contributed by atoms with Gasteiger partial charge in [-0.25, -0.2) is 0 Å². The molecule has 0 fully saturated rings. The minimum Gasteiger partial charge on any atom is -0.504 e. The summed E-state index contributed by atoms with van der Waals surface area (Å²) in [6.45, 7) is 0.579. The molecule has 0 amide bonds. The van der Waals surface area contributed by atoms with Crippen LogP contribution in [0.2, 0.25) is 0 Å². The van der Waals surface area contributed by atoms with Gasteiger partial charge in [-0.05, 0) is 24.3 Å². The first-order valence-corrected chi connectivity index (χ1v) is 6.80. The number of hydrogen-bond acceptors (Lipinski definition) is 5. The summed E-state index contributed by atoms with van der Waals surface area (Å²) in [4.78, 5) is 12.5. The minimum atomic E-state index is -0.827. The zero-order valence-corrected chi connectivity index (χ0v) is 11.7. The van der Waals surface area contributed by atoms with Crippen molar-refractivity contribution >= 4 is 23.0 Å². The zero-order valence-electron chi connectivity index (χ0n) is 10.9. The second-order valence-electron chi connectivity index (χ2n) is 4.18. The van der Waals surface area contributed by atoms with Gasteiger partial charge in [-0.1, -0.05) is 0 Å². The van der Waals surface area contributed by atoms with Crippen LogP contribution in [-0.4, -0.2) is 23.3 Å². The molecule has 0 aliphatic rings. The first-order chi connectivity index (χ1) is 9.58. The van der Waals surface area contributed by atoms with Gasteiger partial charge in [0.1, 0.15) is 0 Å². The highest BCUT2D eigenvalue weighted by Crippen LogP contribution is 2.29. The fraction of sp³-hybridized carbons (Fsp3) is 0.214. The van der Waals surface area contributed by atoms with Crippen molar-refractivity contribution in [1.29, 1.82) is 0 Å². The number of phenols is 1. The summed E-state index contributed by atoms with van der Waals surface area (Å²) >= 11 is 1.46. The number of thiophene rings is 1. The molecule has 0 saturated carbocycles. The fourth-order valence-corrected chi connectivity index (χ4v) is 2.70. The molecule has 0 aliphatic carbocycles. The Bertz CT molecular complexity index is 609. The Balaban J connectivity index is 1.96. The summed E-state index contributed by atoms with van der Waals surface area (Å²) in [6, 6.07) is 8.80. The molecule has 0 spiro atoms. The van der Waals surface area contributed by atoms with Crippen molar-refractivity contribution in [2.24, 2.45) is 0 Å². The van der Waals surface area contributed by atoms with Crippen LogP contribution < -0.4 is 10.1 Å². The van der Waals surface area contributed by atoms with E-state index in [9.17, 15) is 9.90 Å². The van der Waals surface area contributed by atoms with Gasteiger partial charge in [0.25, 0.3) is 0 Å². The topological polar surface area (TPSA) is 78.8 Å². The van der Waals surface area contributed by atoms with Crippen LogP contribution in [0.4, 0.5) is 5.69 Å². The molecule has 3 N–H and O–H groups in total. The van der Waals surface area contributed by atoms with Crippen molar-refractivity contribution in [2.45, 2.75) is 13.0 Å². The third-order valence-corrected chi connectivity index (χ3v) is 3.77. The van der Waals surface area contributed by atoms with Crippen molar-refractivity contribution in [3.8, 4) is 11.5 Å². The normalized spacial score (nSPS) is 10.2. The summed E-state index contributed by atoms with van der Waals surface area (Å²) in [5.41, 5.74) is 0.775. The van der Waals surface area contributed by atoms with E-state index in [2.05, 4.69) is 5.32 Å². The van der Waals surface area contributed by atoms with Gasteiger partial charge in [-0.2, -0.15) is 0 Å². The highest BCUT2D eigenvalue weighted by atomic mass is 32.1. The largest absolute Gasteiger partial charge is 0.504 e. The van der Waals surface area contributed by atoms with E-state index in [-0.39, 0.29) is 12.2 Å². The number of benzene rings is 1. The molecule has 0 radical (unpaired) electrons. The van der Waals surface area contributed by atoms with Crippen molar-refractivity contribution in [2.75, 3.05) is 12.4 Å². The van der Waals surface area contributed by atoms with Gasteiger partial charge in [0.15, 0.2) is 11.5 Å². The first kappa shape index (κ1) is 14.2. The molecule has 106 valence electrons. The summed E-state index contributed by atoms with van der Waals surface area (Å²) in [6.07, 6.45) is 0.0496. The molecule has 5 nitrogen and oxygen atoms in total. The third-order valence-electron chi connectivity index (χ3n) is 2.69. The van der Waals surface area contributed by atoms with E-state index in [0.29, 0.717) is 12.3 Å². The maximum absolute atomic E-state index is 10.6. The summed E-state index contributed by atoms with van der Waals surface area (Å²) in [7, 11) is 1.50. The lowest BCUT2D eigenvalue weighted by molar-refractivity contribution is -0.136. The Labute approximate surface area is 120 Å². The van der Waals surface area contributed by atoms with E-state index < -0.39 is 5.97 Å². The average molecular weight is 293 g/mol. The van der Waals surface area contributed by atoms with Gasteiger partial charge in [0.05, 0.1) is 13.5 Å². The Hall–Kier alpha value is -2.21. The van der Waals surface area contributed by atoms with Crippen LogP contribution in [0.25, 0.3) is 0 Å². The molecule has 6 heteroatoms. The van der Waals surface area contributed by atoms with Crippen molar-refractivity contribution < 1.29 is 19.7 Å². The predicted octanol–water partition coefficient (Wildman–Crippen LogP) is 2.70. The van der Waals surface area contributed by atoms with E-state index in [0.717, 1.165) is 15.4 Å². The van der Waals surface area contributed by atoms with Crippen molar-refractivity contribution in [1.82, 2.24) is 0 Å². The SMILES string of the molecule is COc1ccc(NCc2ccc(CC(=O)O)s2)cc1O. The lowest BCUT2D eigenvalue weighted by Gasteiger charge is -2.08. The molecule has 2 aromatic rings. The molecule has 20 heavy (non-hydrogen) atoms. The maximum atomic E-state index is 10.6. The number of aromatic hydroxyl groups is 1. The Morgan fingerprint density at radius 1 is 1.30 bits per heavy atom. The van der Waals surface area contributed by atoms with Crippen LogP contribution in [0.3, 0.4) is 0 Å². The van der Waals surface area contributed by atoms with Crippen LogP contribution in [0.15, 0.2) is 30.3 Å². The number of anilines is 1. The second-order valence-corrected chi connectivity index (χ2v) is 5.43. The fourth-order valence-electron chi connectivity index (χ4n) is 1.75. The van der Waals surface area contributed by atoms with E-state index in [1.165, 1.54) is 18.4 Å². The van der Waals surface area contributed by atoms with E-state index >= 15 is 0 Å². The molecule has 1 heterocycles. The molecular weight excluding hydrogens is 278 g/mol. The number of carbonyl (C=O) groups is 1. The number of ether oxygens (including phenoxy) is 1. The van der Waals surface area contributed by atoms with Crippen LogP contribution in [0.1, 0.15) is 9.75 Å². The number of carboxylic acid groups (broad SMARTS) is 1. The van der Waals surface area contributed by atoms with Crippen molar-refractivity contribution in [3.05, 3.63) is 40.1 Å². The molecule has 0 aliphatic heterocycles. The Morgan fingerprint density at radius 2 is 2.05 bits per heavy atom. The molecule has 2 rings (SSSR count). The number of aliphatic carboxylic acids is 1. The number of carboxylic acids is 1. The second kappa shape index (κ2) is 6.29. The van der Waals surface area contributed by atoms with Gasteiger partial charge >= 0.3 is 5.97 Å². The van der Waals surface area contributed by atoms with Crippen LogP contribution in [0.5, 0.6) is 11.5 Å². The molecule has 0 unspecified atom stereocenters. The molecule has 0 bridgehead atoms. The molecule has 0 saturated heterocycles.